The first-order valence-electron chi connectivity index (χ1n) is 9.06. The minimum atomic E-state index is 0.175. The van der Waals surface area contributed by atoms with Crippen LogP contribution in [-0.2, 0) is 6.54 Å². The Bertz CT molecular complexity index is 706. The third-order valence-corrected chi connectivity index (χ3v) is 5.77. The molecule has 136 valence electrons. The molecule has 0 aromatic carbocycles. The summed E-state index contributed by atoms with van der Waals surface area (Å²) in [6, 6.07) is 3.98. The first-order valence-corrected chi connectivity index (χ1v) is 9.87. The molecule has 25 heavy (non-hydrogen) atoms. The Labute approximate surface area is 154 Å². The van der Waals surface area contributed by atoms with Crippen LogP contribution in [0.2, 0.25) is 0 Å². The number of amides is 1. The van der Waals surface area contributed by atoms with Crippen LogP contribution in [0.15, 0.2) is 24.5 Å². The van der Waals surface area contributed by atoms with Crippen LogP contribution >= 0.6 is 11.3 Å². The number of imidazole rings is 1. The number of rotatable bonds is 6. The summed E-state index contributed by atoms with van der Waals surface area (Å²) in [5.74, 6) is 1.65. The predicted molar refractivity (Wildman–Crippen MR) is 102 cm³/mol. The highest BCUT2D eigenvalue weighted by Gasteiger charge is 2.28. The number of likely N-dealkylation sites (tertiary alicyclic amines) is 1. The van der Waals surface area contributed by atoms with Gasteiger partial charge in [0.2, 0.25) is 0 Å². The number of hydrogen-bond donors (Lipinski definition) is 0. The predicted octanol–water partition coefficient (Wildman–Crippen LogP) is 3.22. The lowest BCUT2D eigenvalue weighted by Gasteiger charge is -2.32. The maximum absolute atomic E-state index is 12.8. The van der Waals surface area contributed by atoms with Crippen LogP contribution in [0.25, 0.3) is 0 Å². The van der Waals surface area contributed by atoms with Gasteiger partial charge in [-0.25, -0.2) is 4.98 Å². The van der Waals surface area contributed by atoms with Crippen molar-refractivity contribution in [3.63, 3.8) is 0 Å². The van der Waals surface area contributed by atoms with Gasteiger partial charge in [0.15, 0.2) is 0 Å². The molecule has 2 aromatic heterocycles. The summed E-state index contributed by atoms with van der Waals surface area (Å²) in [7, 11) is 4.21. The van der Waals surface area contributed by atoms with E-state index in [1.807, 2.05) is 30.2 Å². The van der Waals surface area contributed by atoms with Gasteiger partial charge in [0, 0.05) is 42.8 Å². The lowest BCUT2D eigenvalue weighted by atomic mass is 9.97. The van der Waals surface area contributed by atoms with Crippen molar-refractivity contribution in [1.29, 1.82) is 0 Å². The van der Waals surface area contributed by atoms with Gasteiger partial charge in [0.25, 0.3) is 5.91 Å². The number of nitrogens with zero attached hydrogens (tertiary/aromatic N) is 4. The fraction of sp³-hybridized carbons (Fsp3) is 0.579. The van der Waals surface area contributed by atoms with Crippen LogP contribution in [0.4, 0.5) is 0 Å². The summed E-state index contributed by atoms with van der Waals surface area (Å²) >= 11 is 1.59. The lowest BCUT2D eigenvalue weighted by Crippen LogP contribution is -2.39. The van der Waals surface area contributed by atoms with E-state index >= 15 is 0 Å². The molecule has 0 N–H and O–H groups in total. The van der Waals surface area contributed by atoms with E-state index in [0.29, 0.717) is 5.92 Å². The second-order valence-corrected chi connectivity index (χ2v) is 8.42. The fourth-order valence-corrected chi connectivity index (χ4v) is 4.34. The average molecular weight is 361 g/mol. The van der Waals surface area contributed by atoms with Crippen LogP contribution in [-0.4, -0.2) is 59.0 Å². The van der Waals surface area contributed by atoms with E-state index in [9.17, 15) is 4.79 Å². The van der Waals surface area contributed by atoms with Gasteiger partial charge >= 0.3 is 0 Å². The van der Waals surface area contributed by atoms with E-state index in [2.05, 4.69) is 34.7 Å². The number of aromatic nitrogens is 2. The van der Waals surface area contributed by atoms with Crippen molar-refractivity contribution in [2.45, 2.75) is 38.6 Å². The molecule has 2 aromatic rings. The zero-order chi connectivity index (χ0) is 17.8. The van der Waals surface area contributed by atoms with Crippen molar-refractivity contribution in [2.24, 2.45) is 0 Å². The SMILES string of the molecule is Cc1ccc(C(=O)N2CCC[C@H](c3nccn3CCCN(C)C)C2)s1. The van der Waals surface area contributed by atoms with Gasteiger partial charge in [-0.05, 0) is 59.0 Å². The number of piperidine rings is 1. The molecule has 1 atom stereocenters. The smallest absolute Gasteiger partial charge is 0.263 e. The number of carbonyl (C=O) groups excluding carboxylic acids is 1. The number of hydrogen-bond acceptors (Lipinski definition) is 4. The molecule has 6 heteroatoms. The molecule has 1 aliphatic rings. The van der Waals surface area contributed by atoms with Crippen LogP contribution in [0, 0.1) is 6.92 Å². The summed E-state index contributed by atoms with van der Waals surface area (Å²) in [5.41, 5.74) is 0. The van der Waals surface area contributed by atoms with Crippen LogP contribution in [0.5, 0.6) is 0 Å². The maximum Gasteiger partial charge on any atom is 0.263 e. The minimum absolute atomic E-state index is 0.175. The van der Waals surface area contributed by atoms with Crippen molar-refractivity contribution in [1.82, 2.24) is 19.4 Å². The quantitative estimate of drug-likeness (QED) is 0.794. The van der Waals surface area contributed by atoms with Crippen molar-refractivity contribution in [3.8, 4) is 0 Å². The number of thiophene rings is 1. The molecule has 0 unspecified atom stereocenters. The van der Waals surface area contributed by atoms with Gasteiger partial charge in [-0.1, -0.05) is 0 Å². The second-order valence-electron chi connectivity index (χ2n) is 7.14. The third kappa shape index (κ3) is 4.50. The van der Waals surface area contributed by atoms with Crippen molar-refractivity contribution >= 4 is 17.2 Å². The maximum atomic E-state index is 12.8. The summed E-state index contributed by atoms with van der Waals surface area (Å²) in [6.45, 7) is 5.74. The zero-order valence-corrected chi connectivity index (χ0v) is 16.3. The highest BCUT2D eigenvalue weighted by molar-refractivity contribution is 7.13. The molecular formula is C19H28N4OS. The van der Waals surface area contributed by atoms with Gasteiger partial charge in [0.1, 0.15) is 5.82 Å². The molecule has 0 radical (unpaired) electrons. The average Bonchev–Trinajstić information content (AvgIpc) is 3.23. The highest BCUT2D eigenvalue weighted by atomic mass is 32.1. The van der Waals surface area contributed by atoms with Crippen molar-refractivity contribution in [2.75, 3.05) is 33.7 Å². The van der Waals surface area contributed by atoms with E-state index in [-0.39, 0.29) is 5.91 Å². The Balaban J connectivity index is 1.65. The second kappa shape index (κ2) is 8.15. The topological polar surface area (TPSA) is 41.4 Å². The van der Waals surface area contributed by atoms with E-state index in [1.165, 1.54) is 4.88 Å². The Morgan fingerprint density at radius 3 is 2.96 bits per heavy atom. The Hall–Kier alpha value is -1.66. The summed E-state index contributed by atoms with van der Waals surface area (Å²) in [6.07, 6.45) is 7.24. The highest BCUT2D eigenvalue weighted by Crippen LogP contribution is 2.28. The molecule has 0 spiro atoms. The first-order chi connectivity index (χ1) is 12.0. The van der Waals surface area contributed by atoms with Gasteiger partial charge in [0.05, 0.1) is 4.88 Å². The first kappa shape index (κ1) is 18.1. The molecule has 3 heterocycles. The molecule has 0 aliphatic carbocycles. The zero-order valence-electron chi connectivity index (χ0n) is 15.4. The summed E-state index contributed by atoms with van der Waals surface area (Å²) in [4.78, 5) is 23.6. The largest absolute Gasteiger partial charge is 0.337 e. The third-order valence-electron chi connectivity index (χ3n) is 4.78. The van der Waals surface area contributed by atoms with E-state index in [0.717, 1.165) is 56.1 Å². The molecule has 1 saturated heterocycles. The Kier molecular flexibility index (Phi) is 5.91. The normalized spacial score (nSPS) is 18.1. The monoisotopic (exact) mass is 360 g/mol. The van der Waals surface area contributed by atoms with Crippen molar-refractivity contribution < 1.29 is 4.79 Å². The fourth-order valence-electron chi connectivity index (χ4n) is 3.50. The standard InChI is InChI=1S/C19H28N4OS/c1-15-7-8-17(25-15)19(24)23-11-4-6-16(14-23)18-20-9-13-22(18)12-5-10-21(2)3/h7-9,13,16H,4-6,10-12,14H2,1-3H3/t16-/m0/s1. The molecular weight excluding hydrogens is 332 g/mol. The summed E-state index contributed by atoms with van der Waals surface area (Å²) < 4.78 is 2.28. The van der Waals surface area contributed by atoms with Crippen LogP contribution in [0.3, 0.4) is 0 Å². The van der Waals surface area contributed by atoms with Crippen LogP contribution < -0.4 is 0 Å². The molecule has 3 rings (SSSR count). The van der Waals surface area contributed by atoms with Gasteiger partial charge in [-0.3, -0.25) is 4.79 Å². The van der Waals surface area contributed by atoms with E-state index in [4.69, 9.17) is 0 Å². The lowest BCUT2D eigenvalue weighted by molar-refractivity contribution is 0.0708. The van der Waals surface area contributed by atoms with E-state index < -0.39 is 0 Å². The summed E-state index contributed by atoms with van der Waals surface area (Å²) in [5, 5.41) is 0. The van der Waals surface area contributed by atoms with Gasteiger partial charge in [-0.2, -0.15) is 0 Å². The molecule has 0 bridgehead atoms. The van der Waals surface area contributed by atoms with E-state index in [1.54, 1.807) is 11.3 Å². The van der Waals surface area contributed by atoms with Crippen LogP contribution in [0.1, 0.15) is 45.6 Å². The molecule has 0 saturated carbocycles. The molecule has 1 fully saturated rings. The van der Waals surface area contributed by atoms with Gasteiger partial charge < -0.3 is 14.4 Å². The Morgan fingerprint density at radius 1 is 1.40 bits per heavy atom. The molecule has 5 nitrogen and oxygen atoms in total. The number of carbonyl (C=O) groups is 1. The molecule has 1 aliphatic heterocycles. The van der Waals surface area contributed by atoms with Gasteiger partial charge in [-0.15, -0.1) is 11.3 Å². The number of aryl methyl sites for hydroxylation is 2. The minimum Gasteiger partial charge on any atom is -0.337 e. The Morgan fingerprint density at radius 2 is 2.24 bits per heavy atom. The van der Waals surface area contributed by atoms with Crippen molar-refractivity contribution in [3.05, 3.63) is 40.1 Å². The molecule has 1 amide bonds.